The van der Waals surface area contributed by atoms with E-state index >= 15 is 0 Å². The quantitative estimate of drug-likeness (QED) is 0.794. The maximum Gasteiger partial charge on any atom is 0.223 e. The molecule has 2 heterocycles. The second-order valence-corrected chi connectivity index (χ2v) is 7.39. The number of likely N-dealkylation sites (tertiary alicyclic amines) is 1. The number of carbonyl (C=O) groups is 1. The highest BCUT2D eigenvalue weighted by Gasteiger charge is 2.26. The summed E-state index contributed by atoms with van der Waals surface area (Å²) < 4.78 is 0. The number of rotatable bonds is 2. The van der Waals surface area contributed by atoms with E-state index in [4.69, 9.17) is 0 Å². The molecule has 1 aromatic rings. The lowest BCUT2D eigenvalue weighted by atomic mass is 9.90. The van der Waals surface area contributed by atoms with Gasteiger partial charge in [-0.3, -0.25) is 4.79 Å². The molecule has 1 aliphatic rings. The molecule has 1 fully saturated rings. The van der Waals surface area contributed by atoms with E-state index < -0.39 is 0 Å². The first-order chi connectivity index (χ1) is 8.46. The topological polar surface area (TPSA) is 20.3 Å². The Kier molecular flexibility index (Phi) is 4.10. The van der Waals surface area contributed by atoms with Crippen LogP contribution in [0.2, 0.25) is 0 Å². The van der Waals surface area contributed by atoms with Crippen LogP contribution in [-0.4, -0.2) is 23.9 Å². The molecule has 1 aromatic heterocycles. The summed E-state index contributed by atoms with van der Waals surface area (Å²) in [5.74, 6) is 0.996. The van der Waals surface area contributed by atoms with Crippen molar-refractivity contribution in [1.29, 1.82) is 0 Å². The van der Waals surface area contributed by atoms with Crippen LogP contribution >= 0.6 is 11.3 Å². The Morgan fingerprint density at radius 2 is 2.06 bits per heavy atom. The van der Waals surface area contributed by atoms with Gasteiger partial charge in [-0.2, -0.15) is 0 Å². The van der Waals surface area contributed by atoms with Gasteiger partial charge in [-0.1, -0.05) is 26.8 Å². The molecule has 0 spiro atoms. The van der Waals surface area contributed by atoms with Crippen LogP contribution in [0, 0.1) is 5.41 Å². The second-order valence-electron chi connectivity index (χ2n) is 6.41. The molecule has 0 bridgehead atoms. The van der Waals surface area contributed by atoms with Gasteiger partial charge in [-0.05, 0) is 35.6 Å². The molecule has 3 heteroatoms. The lowest BCUT2D eigenvalue weighted by molar-refractivity contribution is -0.134. The van der Waals surface area contributed by atoms with E-state index in [0.717, 1.165) is 25.9 Å². The van der Waals surface area contributed by atoms with Gasteiger partial charge in [0, 0.05) is 24.4 Å². The molecule has 0 aliphatic carbocycles. The third kappa shape index (κ3) is 3.58. The lowest BCUT2D eigenvalue weighted by Crippen LogP contribution is -2.39. The van der Waals surface area contributed by atoms with Crippen LogP contribution in [0.5, 0.6) is 0 Å². The zero-order valence-corrected chi connectivity index (χ0v) is 12.4. The minimum Gasteiger partial charge on any atom is -0.343 e. The van der Waals surface area contributed by atoms with Crippen molar-refractivity contribution in [2.24, 2.45) is 5.41 Å². The molecule has 1 aliphatic heterocycles. The van der Waals surface area contributed by atoms with Crippen molar-refractivity contribution in [3.05, 3.63) is 22.4 Å². The first kappa shape index (κ1) is 13.6. The van der Waals surface area contributed by atoms with Crippen LogP contribution in [-0.2, 0) is 4.79 Å². The first-order valence-corrected chi connectivity index (χ1v) is 7.65. The fourth-order valence-corrected chi connectivity index (χ4v) is 3.40. The number of thiophene rings is 1. The molecule has 0 unspecified atom stereocenters. The largest absolute Gasteiger partial charge is 0.343 e. The SMILES string of the molecule is CC(C)(C)CC(=O)N1CCC(c2cccs2)CC1. The van der Waals surface area contributed by atoms with Crippen molar-refractivity contribution in [3.8, 4) is 0 Å². The monoisotopic (exact) mass is 265 g/mol. The van der Waals surface area contributed by atoms with E-state index in [0.29, 0.717) is 18.2 Å². The minimum atomic E-state index is 0.0989. The predicted octanol–water partition coefficient (Wildman–Crippen LogP) is 3.89. The number of piperidine rings is 1. The van der Waals surface area contributed by atoms with Gasteiger partial charge in [0.2, 0.25) is 5.91 Å². The van der Waals surface area contributed by atoms with Gasteiger partial charge in [0.1, 0.15) is 0 Å². The molecule has 100 valence electrons. The van der Waals surface area contributed by atoms with Crippen molar-refractivity contribution in [2.45, 2.75) is 46.0 Å². The van der Waals surface area contributed by atoms with Gasteiger partial charge < -0.3 is 4.90 Å². The summed E-state index contributed by atoms with van der Waals surface area (Å²) in [6.07, 6.45) is 2.91. The van der Waals surface area contributed by atoms with Gasteiger partial charge in [0.25, 0.3) is 0 Å². The summed E-state index contributed by atoms with van der Waals surface area (Å²) in [5, 5.41) is 2.15. The van der Waals surface area contributed by atoms with E-state index in [1.54, 1.807) is 0 Å². The smallest absolute Gasteiger partial charge is 0.223 e. The zero-order valence-electron chi connectivity index (χ0n) is 11.6. The van der Waals surface area contributed by atoms with Crippen LogP contribution in [0.25, 0.3) is 0 Å². The number of hydrogen-bond acceptors (Lipinski definition) is 2. The highest BCUT2D eigenvalue weighted by atomic mass is 32.1. The average molecular weight is 265 g/mol. The van der Waals surface area contributed by atoms with Crippen LogP contribution in [0.15, 0.2) is 17.5 Å². The van der Waals surface area contributed by atoms with Crippen molar-refractivity contribution in [1.82, 2.24) is 4.90 Å². The maximum atomic E-state index is 12.1. The Labute approximate surface area is 114 Å². The molecule has 2 nitrogen and oxygen atoms in total. The first-order valence-electron chi connectivity index (χ1n) is 6.77. The Balaban J connectivity index is 1.85. The predicted molar refractivity (Wildman–Crippen MR) is 76.9 cm³/mol. The molecule has 0 aromatic carbocycles. The molecule has 1 saturated heterocycles. The van der Waals surface area contributed by atoms with Crippen LogP contribution in [0.3, 0.4) is 0 Å². The number of amides is 1. The van der Waals surface area contributed by atoms with E-state index in [9.17, 15) is 4.79 Å². The standard InChI is InChI=1S/C15H23NOS/c1-15(2,3)11-14(17)16-8-6-12(7-9-16)13-5-4-10-18-13/h4-5,10,12H,6-9,11H2,1-3H3. The fraction of sp³-hybridized carbons (Fsp3) is 0.667. The maximum absolute atomic E-state index is 12.1. The normalized spacial score (nSPS) is 18.1. The summed E-state index contributed by atoms with van der Waals surface area (Å²) in [7, 11) is 0. The van der Waals surface area contributed by atoms with E-state index in [1.807, 2.05) is 11.3 Å². The summed E-state index contributed by atoms with van der Waals surface area (Å²) in [5.41, 5.74) is 0.0989. The zero-order chi connectivity index (χ0) is 13.2. The minimum absolute atomic E-state index is 0.0989. The van der Waals surface area contributed by atoms with E-state index in [2.05, 4.69) is 43.2 Å². The third-order valence-corrected chi connectivity index (χ3v) is 4.51. The van der Waals surface area contributed by atoms with Gasteiger partial charge in [0.15, 0.2) is 0 Å². The summed E-state index contributed by atoms with van der Waals surface area (Å²) in [6, 6.07) is 4.35. The van der Waals surface area contributed by atoms with Gasteiger partial charge in [0.05, 0.1) is 0 Å². The molecule has 2 rings (SSSR count). The lowest BCUT2D eigenvalue weighted by Gasteiger charge is -2.33. The summed E-state index contributed by atoms with van der Waals surface area (Å²) in [6.45, 7) is 8.24. The Hall–Kier alpha value is -0.830. The van der Waals surface area contributed by atoms with Crippen molar-refractivity contribution in [3.63, 3.8) is 0 Å². The molecule has 0 N–H and O–H groups in total. The van der Waals surface area contributed by atoms with Gasteiger partial charge in [-0.15, -0.1) is 11.3 Å². The van der Waals surface area contributed by atoms with Crippen LogP contribution in [0.4, 0.5) is 0 Å². The number of carbonyl (C=O) groups excluding carboxylic acids is 1. The Morgan fingerprint density at radius 3 is 2.56 bits per heavy atom. The number of nitrogens with zero attached hydrogens (tertiary/aromatic N) is 1. The van der Waals surface area contributed by atoms with Gasteiger partial charge in [-0.25, -0.2) is 0 Å². The van der Waals surface area contributed by atoms with E-state index in [1.165, 1.54) is 4.88 Å². The van der Waals surface area contributed by atoms with Crippen LogP contribution < -0.4 is 0 Å². The van der Waals surface area contributed by atoms with Crippen LogP contribution in [0.1, 0.15) is 50.8 Å². The average Bonchev–Trinajstić information content (AvgIpc) is 2.80. The highest BCUT2D eigenvalue weighted by Crippen LogP contribution is 2.31. The highest BCUT2D eigenvalue weighted by molar-refractivity contribution is 7.10. The molecule has 1 amide bonds. The second kappa shape index (κ2) is 5.43. The molecule has 0 saturated carbocycles. The molecule has 18 heavy (non-hydrogen) atoms. The number of hydrogen-bond donors (Lipinski definition) is 0. The summed E-state index contributed by atoms with van der Waals surface area (Å²) in [4.78, 5) is 15.7. The van der Waals surface area contributed by atoms with Crippen molar-refractivity contribution < 1.29 is 4.79 Å². The fourth-order valence-electron chi connectivity index (χ4n) is 2.50. The van der Waals surface area contributed by atoms with Gasteiger partial charge >= 0.3 is 0 Å². The summed E-state index contributed by atoms with van der Waals surface area (Å²) >= 11 is 1.85. The van der Waals surface area contributed by atoms with Crippen molar-refractivity contribution in [2.75, 3.05) is 13.1 Å². The third-order valence-electron chi connectivity index (χ3n) is 3.47. The molecular formula is C15H23NOS. The Bertz CT molecular complexity index is 383. The molecule has 0 radical (unpaired) electrons. The van der Waals surface area contributed by atoms with E-state index in [-0.39, 0.29) is 5.41 Å². The van der Waals surface area contributed by atoms with Crippen molar-refractivity contribution >= 4 is 17.2 Å². The molecular weight excluding hydrogens is 242 g/mol. The molecule has 0 atom stereocenters. The Morgan fingerprint density at radius 1 is 1.39 bits per heavy atom.